The van der Waals surface area contributed by atoms with Gasteiger partial charge in [-0.2, -0.15) is 5.10 Å². The second-order valence-corrected chi connectivity index (χ2v) is 9.62. The number of pyridine rings is 1. The molecule has 2 fully saturated rings. The molecule has 6 N–H and O–H groups in total. The number of likely N-dealkylation sites (tertiary alicyclic amines) is 1. The molecule has 10 heteroatoms. The fourth-order valence-electron chi connectivity index (χ4n) is 5.04. The van der Waals surface area contributed by atoms with Crippen molar-refractivity contribution in [3.05, 3.63) is 41.8 Å². The van der Waals surface area contributed by atoms with E-state index in [9.17, 15) is 9.18 Å². The lowest BCUT2D eigenvalue weighted by molar-refractivity contribution is 0.100. The maximum atomic E-state index is 14.8. The Balaban J connectivity index is 1.36. The van der Waals surface area contributed by atoms with Crippen molar-refractivity contribution in [2.75, 3.05) is 30.3 Å². The average molecular weight is 481 g/mol. The molecule has 2 aromatic heterocycles. The maximum absolute atomic E-state index is 14.8. The van der Waals surface area contributed by atoms with E-state index in [1.54, 1.807) is 0 Å². The molecule has 1 amide bonds. The Labute approximate surface area is 204 Å². The zero-order chi connectivity index (χ0) is 24.4. The van der Waals surface area contributed by atoms with Gasteiger partial charge in [-0.3, -0.25) is 9.48 Å². The minimum absolute atomic E-state index is 0.0117. The molecule has 3 aromatic rings. The normalized spacial score (nSPS) is 20.9. The number of fused-ring (bicyclic) bond motifs is 1. The van der Waals surface area contributed by atoms with Crippen molar-refractivity contribution in [3.63, 3.8) is 0 Å². The fourth-order valence-corrected chi connectivity index (χ4v) is 5.04. The monoisotopic (exact) mass is 480 g/mol. The maximum Gasteiger partial charge on any atom is 0.252 e. The lowest BCUT2D eigenvalue weighted by Crippen LogP contribution is -2.43. The Morgan fingerprint density at radius 2 is 1.89 bits per heavy atom. The molecule has 0 unspecified atom stereocenters. The van der Waals surface area contributed by atoms with Gasteiger partial charge in [0.15, 0.2) is 11.6 Å². The van der Waals surface area contributed by atoms with Crippen LogP contribution in [0, 0.1) is 5.82 Å². The predicted octanol–water partition coefficient (Wildman–Crippen LogP) is 3.19. The first-order valence-corrected chi connectivity index (χ1v) is 12.5. The topological polar surface area (TPSA) is 127 Å². The molecule has 2 aliphatic rings. The van der Waals surface area contributed by atoms with Crippen LogP contribution in [0.15, 0.2) is 30.5 Å². The second-order valence-electron chi connectivity index (χ2n) is 9.62. The highest BCUT2D eigenvalue weighted by Crippen LogP contribution is 2.28. The number of anilines is 3. The van der Waals surface area contributed by atoms with Crippen LogP contribution in [0.5, 0.6) is 0 Å². The SMILES string of the molecule is NC(=O)c1cc(F)c(N[C@@H]2CCCC[C@@H]2N)nc1Nc1ccc2nn(CCN3CCCC3)cc2c1. The number of amides is 1. The van der Waals surface area contributed by atoms with Gasteiger partial charge in [0.05, 0.1) is 17.6 Å². The van der Waals surface area contributed by atoms with E-state index in [4.69, 9.17) is 11.5 Å². The number of nitrogens with zero attached hydrogens (tertiary/aromatic N) is 4. The van der Waals surface area contributed by atoms with Crippen molar-refractivity contribution in [1.82, 2.24) is 19.7 Å². The van der Waals surface area contributed by atoms with Crippen molar-refractivity contribution < 1.29 is 9.18 Å². The lowest BCUT2D eigenvalue weighted by atomic mass is 9.91. The first kappa shape index (κ1) is 23.5. The van der Waals surface area contributed by atoms with Crippen LogP contribution in [0.2, 0.25) is 0 Å². The first-order valence-electron chi connectivity index (χ1n) is 12.5. The van der Waals surface area contributed by atoms with Gasteiger partial charge >= 0.3 is 0 Å². The van der Waals surface area contributed by atoms with E-state index in [0.717, 1.165) is 68.8 Å². The number of carbonyl (C=O) groups excluding carboxylic acids is 1. The summed E-state index contributed by atoms with van der Waals surface area (Å²) < 4.78 is 16.8. The van der Waals surface area contributed by atoms with Crippen LogP contribution in [0.3, 0.4) is 0 Å². The molecule has 0 spiro atoms. The van der Waals surface area contributed by atoms with Gasteiger partial charge in [-0.05, 0) is 63.0 Å². The van der Waals surface area contributed by atoms with Crippen LogP contribution in [0.4, 0.5) is 21.7 Å². The van der Waals surface area contributed by atoms with Gasteiger partial charge in [-0.15, -0.1) is 0 Å². The average Bonchev–Trinajstić information content (AvgIpc) is 3.50. The van der Waals surface area contributed by atoms with Crippen molar-refractivity contribution in [3.8, 4) is 0 Å². The van der Waals surface area contributed by atoms with Gasteiger partial charge in [-0.25, -0.2) is 9.37 Å². The van der Waals surface area contributed by atoms with Crippen molar-refractivity contribution in [2.24, 2.45) is 11.5 Å². The molecule has 0 radical (unpaired) electrons. The largest absolute Gasteiger partial charge is 0.365 e. The smallest absolute Gasteiger partial charge is 0.252 e. The van der Waals surface area contributed by atoms with Crippen LogP contribution in [0.25, 0.3) is 10.9 Å². The molecule has 9 nitrogen and oxygen atoms in total. The Hall–Kier alpha value is -3.24. The molecule has 1 aromatic carbocycles. The van der Waals surface area contributed by atoms with Crippen LogP contribution >= 0.6 is 0 Å². The minimum Gasteiger partial charge on any atom is -0.365 e. The molecule has 1 aliphatic carbocycles. The third-order valence-electron chi connectivity index (χ3n) is 7.04. The summed E-state index contributed by atoms with van der Waals surface area (Å²) >= 11 is 0. The molecule has 1 aliphatic heterocycles. The zero-order valence-corrected chi connectivity index (χ0v) is 19.8. The highest BCUT2D eigenvalue weighted by Gasteiger charge is 2.24. The van der Waals surface area contributed by atoms with E-state index in [2.05, 4.69) is 25.6 Å². The van der Waals surface area contributed by atoms with Crippen LogP contribution < -0.4 is 22.1 Å². The van der Waals surface area contributed by atoms with E-state index >= 15 is 0 Å². The van der Waals surface area contributed by atoms with Crippen molar-refractivity contribution in [2.45, 2.75) is 57.2 Å². The molecule has 3 heterocycles. The summed E-state index contributed by atoms with van der Waals surface area (Å²) in [5.41, 5.74) is 13.3. The summed E-state index contributed by atoms with van der Waals surface area (Å²) in [6, 6.07) is 6.71. The molecular weight excluding hydrogens is 447 g/mol. The number of benzene rings is 1. The molecule has 35 heavy (non-hydrogen) atoms. The van der Waals surface area contributed by atoms with Crippen LogP contribution in [0.1, 0.15) is 48.9 Å². The Morgan fingerprint density at radius 1 is 1.09 bits per heavy atom. The molecule has 186 valence electrons. The van der Waals surface area contributed by atoms with Crippen molar-refractivity contribution >= 4 is 34.1 Å². The summed E-state index contributed by atoms with van der Waals surface area (Å²) in [6.07, 6.45) is 8.39. The number of primary amides is 1. The summed E-state index contributed by atoms with van der Waals surface area (Å²) in [6.45, 7) is 4.14. The van der Waals surface area contributed by atoms with Gasteiger partial charge < -0.3 is 27.0 Å². The number of rotatable bonds is 8. The number of carbonyl (C=O) groups is 1. The van der Waals surface area contributed by atoms with Gasteiger partial charge in [0.25, 0.3) is 5.91 Å². The minimum atomic E-state index is -0.754. The number of nitrogens with one attached hydrogen (secondary N) is 2. The Morgan fingerprint density at radius 3 is 2.66 bits per heavy atom. The number of nitrogens with two attached hydrogens (primary N) is 2. The number of hydrogen-bond acceptors (Lipinski definition) is 7. The highest BCUT2D eigenvalue weighted by atomic mass is 19.1. The first-order chi connectivity index (χ1) is 17.0. The summed E-state index contributed by atoms with van der Waals surface area (Å²) in [5, 5.41) is 11.9. The van der Waals surface area contributed by atoms with E-state index in [1.807, 2.05) is 29.1 Å². The van der Waals surface area contributed by atoms with E-state index in [1.165, 1.54) is 12.8 Å². The molecule has 2 atom stereocenters. The third kappa shape index (κ3) is 5.38. The van der Waals surface area contributed by atoms with E-state index < -0.39 is 11.7 Å². The van der Waals surface area contributed by atoms with Gasteiger partial charge in [0.2, 0.25) is 0 Å². The lowest BCUT2D eigenvalue weighted by Gasteiger charge is -2.30. The number of aromatic nitrogens is 3. The molecule has 1 saturated carbocycles. The fraction of sp³-hybridized carbons (Fsp3) is 0.480. The molecule has 5 rings (SSSR count). The molecular formula is C25H33FN8O. The van der Waals surface area contributed by atoms with Crippen molar-refractivity contribution in [1.29, 1.82) is 0 Å². The van der Waals surface area contributed by atoms with Gasteiger partial charge in [0.1, 0.15) is 5.82 Å². The summed E-state index contributed by atoms with van der Waals surface area (Å²) in [4.78, 5) is 18.9. The second kappa shape index (κ2) is 10.2. The quantitative estimate of drug-likeness (QED) is 0.390. The Bertz CT molecular complexity index is 1210. The number of halogens is 1. The molecule has 1 saturated heterocycles. The highest BCUT2D eigenvalue weighted by molar-refractivity contribution is 5.99. The predicted molar refractivity (Wildman–Crippen MR) is 135 cm³/mol. The van der Waals surface area contributed by atoms with Crippen LogP contribution in [-0.4, -0.2) is 57.3 Å². The Kier molecular flexibility index (Phi) is 6.83. The van der Waals surface area contributed by atoms with Gasteiger partial charge in [0, 0.05) is 35.9 Å². The van der Waals surface area contributed by atoms with Crippen LogP contribution in [-0.2, 0) is 6.54 Å². The zero-order valence-electron chi connectivity index (χ0n) is 19.8. The number of hydrogen-bond donors (Lipinski definition) is 4. The summed E-state index contributed by atoms with van der Waals surface area (Å²) in [7, 11) is 0. The van der Waals surface area contributed by atoms with E-state index in [-0.39, 0.29) is 29.3 Å². The standard InChI is InChI=1S/C25H33FN8O/c26-19-14-18(23(28)35)24(31-25(19)30-22-6-2-1-5-20(22)27)29-17-7-8-21-16(13-17)15-34(32-21)12-11-33-9-3-4-10-33/h7-8,13-15,20,22H,1-6,9-12,27H2,(H2,28,35)(H2,29,30,31)/t20-,22+/m0/s1. The third-order valence-corrected chi connectivity index (χ3v) is 7.04. The summed E-state index contributed by atoms with van der Waals surface area (Å²) in [5.74, 6) is -1.12. The van der Waals surface area contributed by atoms with E-state index in [0.29, 0.717) is 5.69 Å². The molecule has 0 bridgehead atoms. The van der Waals surface area contributed by atoms with Gasteiger partial charge in [-0.1, -0.05) is 12.8 Å².